The minimum absolute atomic E-state index is 0.216. The van der Waals surface area contributed by atoms with Gasteiger partial charge in [-0.05, 0) is 55.3 Å². The Labute approximate surface area is 164 Å². The second-order valence-corrected chi connectivity index (χ2v) is 9.01. The van der Waals surface area contributed by atoms with E-state index in [1.165, 1.54) is 32.0 Å². The van der Waals surface area contributed by atoms with Gasteiger partial charge in [-0.15, -0.1) is 0 Å². The number of carbonyl (C=O) groups excluding carboxylic acids is 1. The van der Waals surface area contributed by atoms with E-state index in [2.05, 4.69) is 10.2 Å². The summed E-state index contributed by atoms with van der Waals surface area (Å²) in [6.07, 6.45) is 3.51. The monoisotopic (exact) mass is 407 g/mol. The third-order valence-electron chi connectivity index (χ3n) is 4.65. The number of nitrogens with zero attached hydrogens (tertiary/aromatic N) is 2. The Bertz CT molecular complexity index is 939. The first-order chi connectivity index (χ1) is 12.8. The van der Waals surface area contributed by atoms with Gasteiger partial charge in [-0.1, -0.05) is 11.6 Å². The first-order valence-electron chi connectivity index (χ1n) is 8.65. The second kappa shape index (κ2) is 7.78. The van der Waals surface area contributed by atoms with E-state index in [0.717, 1.165) is 29.3 Å². The minimum Gasteiger partial charge on any atom is -0.372 e. The molecule has 8 heteroatoms. The van der Waals surface area contributed by atoms with Gasteiger partial charge in [0.2, 0.25) is 10.0 Å². The summed E-state index contributed by atoms with van der Waals surface area (Å²) >= 11 is 6.15. The average Bonchev–Trinajstić information content (AvgIpc) is 3.16. The van der Waals surface area contributed by atoms with Crippen molar-refractivity contribution in [2.45, 2.75) is 12.8 Å². The molecule has 0 spiro atoms. The van der Waals surface area contributed by atoms with Crippen molar-refractivity contribution in [2.24, 2.45) is 0 Å². The predicted molar refractivity (Wildman–Crippen MR) is 111 cm³/mol. The quantitative estimate of drug-likeness (QED) is 0.822. The number of hydrogen-bond acceptors (Lipinski definition) is 4. The Morgan fingerprint density at radius 2 is 1.74 bits per heavy atom. The van der Waals surface area contributed by atoms with Gasteiger partial charge in [0.15, 0.2) is 0 Å². The van der Waals surface area contributed by atoms with Crippen LogP contribution in [0.15, 0.2) is 42.5 Å². The average molecular weight is 408 g/mol. The van der Waals surface area contributed by atoms with E-state index >= 15 is 0 Å². The number of halogens is 1. The molecule has 0 atom stereocenters. The zero-order valence-electron chi connectivity index (χ0n) is 15.3. The molecule has 144 valence electrons. The largest absolute Gasteiger partial charge is 0.372 e. The van der Waals surface area contributed by atoms with Gasteiger partial charge >= 0.3 is 0 Å². The summed E-state index contributed by atoms with van der Waals surface area (Å²) in [6, 6.07) is 12.2. The van der Waals surface area contributed by atoms with Crippen LogP contribution in [-0.4, -0.2) is 40.7 Å². The fraction of sp³-hybridized carbons (Fsp3) is 0.316. The standard InChI is InChI=1S/C19H22ClN3O3S/c1-22(27(2,25)26)16-9-10-18(20)17(13-16)19(24)21-14-5-7-15(8-6-14)23-11-3-4-12-23/h5-10,13H,3-4,11-12H2,1-2H3,(H,21,24). The molecule has 6 nitrogen and oxygen atoms in total. The maximum atomic E-state index is 12.6. The van der Waals surface area contributed by atoms with Crippen LogP contribution < -0.4 is 14.5 Å². The van der Waals surface area contributed by atoms with E-state index in [1.807, 2.05) is 24.3 Å². The summed E-state index contributed by atoms with van der Waals surface area (Å²) in [7, 11) is -2.00. The number of carbonyl (C=O) groups is 1. The topological polar surface area (TPSA) is 69.7 Å². The third kappa shape index (κ3) is 4.54. The summed E-state index contributed by atoms with van der Waals surface area (Å²) in [6.45, 7) is 2.12. The van der Waals surface area contributed by atoms with Crippen molar-refractivity contribution in [1.29, 1.82) is 0 Å². The van der Waals surface area contributed by atoms with E-state index in [0.29, 0.717) is 11.4 Å². The fourth-order valence-electron chi connectivity index (χ4n) is 3.00. The summed E-state index contributed by atoms with van der Waals surface area (Å²) in [5.41, 5.74) is 2.38. The van der Waals surface area contributed by atoms with Crippen LogP contribution in [0.4, 0.5) is 17.1 Å². The van der Waals surface area contributed by atoms with E-state index in [9.17, 15) is 13.2 Å². The highest BCUT2D eigenvalue weighted by Gasteiger charge is 2.17. The number of rotatable bonds is 5. The van der Waals surface area contributed by atoms with Gasteiger partial charge in [0.1, 0.15) is 0 Å². The molecule has 2 aromatic rings. The van der Waals surface area contributed by atoms with Crippen LogP contribution in [0.25, 0.3) is 0 Å². The molecule has 1 aliphatic rings. The molecule has 1 saturated heterocycles. The predicted octanol–water partition coefficient (Wildman–Crippen LogP) is 3.59. The molecule has 0 aliphatic carbocycles. The Morgan fingerprint density at radius 3 is 2.33 bits per heavy atom. The number of hydrogen-bond donors (Lipinski definition) is 1. The van der Waals surface area contributed by atoms with Crippen LogP contribution >= 0.6 is 11.6 Å². The highest BCUT2D eigenvalue weighted by molar-refractivity contribution is 7.92. The van der Waals surface area contributed by atoms with Crippen LogP contribution in [0.1, 0.15) is 23.2 Å². The molecule has 1 N–H and O–H groups in total. The Hall–Kier alpha value is -2.25. The molecule has 0 radical (unpaired) electrons. The zero-order chi connectivity index (χ0) is 19.6. The van der Waals surface area contributed by atoms with E-state index in [4.69, 9.17) is 11.6 Å². The molecule has 1 heterocycles. The summed E-state index contributed by atoms with van der Waals surface area (Å²) in [5.74, 6) is -0.391. The first-order valence-corrected chi connectivity index (χ1v) is 10.9. The van der Waals surface area contributed by atoms with E-state index in [1.54, 1.807) is 6.07 Å². The van der Waals surface area contributed by atoms with Gasteiger partial charge in [-0.3, -0.25) is 9.10 Å². The highest BCUT2D eigenvalue weighted by atomic mass is 35.5. The van der Waals surface area contributed by atoms with Gasteiger partial charge in [0, 0.05) is 31.5 Å². The van der Waals surface area contributed by atoms with Crippen molar-refractivity contribution in [3.8, 4) is 0 Å². The lowest BCUT2D eigenvalue weighted by Gasteiger charge is -2.19. The first kappa shape index (κ1) is 19.5. The van der Waals surface area contributed by atoms with Gasteiger partial charge < -0.3 is 10.2 Å². The molecule has 0 unspecified atom stereocenters. The molecule has 1 fully saturated rings. The molecule has 3 rings (SSSR count). The van der Waals surface area contributed by atoms with Crippen LogP contribution in [0, 0.1) is 0 Å². The van der Waals surface area contributed by atoms with Gasteiger partial charge in [0.25, 0.3) is 5.91 Å². The lowest BCUT2D eigenvalue weighted by Crippen LogP contribution is -2.25. The number of nitrogens with one attached hydrogen (secondary N) is 1. The normalized spacial score (nSPS) is 14.3. The van der Waals surface area contributed by atoms with Crippen LogP contribution in [0.3, 0.4) is 0 Å². The minimum atomic E-state index is -3.43. The van der Waals surface area contributed by atoms with Crippen LogP contribution in [0.2, 0.25) is 5.02 Å². The molecule has 1 aliphatic heterocycles. The Kier molecular flexibility index (Phi) is 5.62. The van der Waals surface area contributed by atoms with Crippen molar-refractivity contribution in [1.82, 2.24) is 0 Å². The van der Waals surface area contributed by atoms with Gasteiger partial charge in [-0.25, -0.2) is 8.42 Å². The SMILES string of the molecule is CN(c1ccc(Cl)c(C(=O)Nc2ccc(N3CCCC3)cc2)c1)S(C)(=O)=O. The Morgan fingerprint density at radius 1 is 1.11 bits per heavy atom. The summed E-state index contributed by atoms with van der Waals surface area (Å²) < 4.78 is 24.5. The summed E-state index contributed by atoms with van der Waals surface area (Å²) in [4.78, 5) is 14.9. The van der Waals surface area contributed by atoms with Gasteiger partial charge in [0.05, 0.1) is 22.5 Å². The third-order valence-corrected chi connectivity index (χ3v) is 6.19. The van der Waals surface area contributed by atoms with Crippen molar-refractivity contribution < 1.29 is 13.2 Å². The number of amides is 1. The lowest BCUT2D eigenvalue weighted by molar-refractivity contribution is 0.102. The highest BCUT2D eigenvalue weighted by Crippen LogP contribution is 2.26. The fourth-order valence-corrected chi connectivity index (χ4v) is 3.70. The van der Waals surface area contributed by atoms with Crippen molar-refractivity contribution >= 4 is 44.6 Å². The second-order valence-electron chi connectivity index (χ2n) is 6.59. The van der Waals surface area contributed by atoms with E-state index in [-0.39, 0.29) is 10.6 Å². The number of benzene rings is 2. The molecule has 0 saturated carbocycles. The van der Waals surface area contributed by atoms with Gasteiger partial charge in [-0.2, -0.15) is 0 Å². The molecule has 0 aromatic heterocycles. The lowest BCUT2D eigenvalue weighted by atomic mass is 10.1. The van der Waals surface area contributed by atoms with Crippen molar-refractivity contribution in [3.63, 3.8) is 0 Å². The summed E-state index contributed by atoms with van der Waals surface area (Å²) in [5, 5.41) is 3.07. The molecular formula is C19H22ClN3O3S. The van der Waals surface area contributed by atoms with Crippen molar-refractivity contribution in [3.05, 3.63) is 53.1 Å². The zero-order valence-corrected chi connectivity index (χ0v) is 16.8. The molecule has 27 heavy (non-hydrogen) atoms. The number of sulfonamides is 1. The molecule has 0 bridgehead atoms. The maximum Gasteiger partial charge on any atom is 0.257 e. The van der Waals surface area contributed by atoms with Crippen LogP contribution in [-0.2, 0) is 10.0 Å². The molecular weight excluding hydrogens is 386 g/mol. The molecule has 1 amide bonds. The molecule has 2 aromatic carbocycles. The van der Waals surface area contributed by atoms with Crippen molar-refractivity contribution in [2.75, 3.05) is 40.9 Å². The van der Waals surface area contributed by atoms with Crippen LogP contribution in [0.5, 0.6) is 0 Å². The maximum absolute atomic E-state index is 12.6. The number of anilines is 3. The smallest absolute Gasteiger partial charge is 0.257 e. The Balaban J connectivity index is 1.77. The van der Waals surface area contributed by atoms with E-state index < -0.39 is 15.9 Å².